The van der Waals surface area contributed by atoms with E-state index in [9.17, 15) is 10.1 Å². The van der Waals surface area contributed by atoms with Crippen LogP contribution in [-0.2, 0) is 6.54 Å². The number of hydrazone groups is 1. The molecule has 1 aliphatic rings. The maximum Gasteiger partial charge on any atom is 0.276 e. The lowest BCUT2D eigenvalue weighted by Gasteiger charge is -2.44. The highest BCUT2D eigenvalue weighted by Gasteiger charge is 2.32. The molecule has 23 heavy (non-hydrogen) atoms. The molecule has 0 spiro atoms. The van der Waals surface area contributed by atoms with Gasteiger partial charge in [-0.2, -0.15) is 0 Å². The van der Waals surface area contributed by atoms with Crippen LogP contribution in [0.5, 0.6) is 0 Å². The van der Waals surface area contributed by atoms with Crippen LogP contribution in [-0.4, -0.2) is 57.1 Å². The fourth-order valence-electron chi connectivity index (χ4n) is 2.50. The molecule has 1 aromatic heterocycles. The molecule has 1 aliphatic heterocycles. The fraction of sp³-hybridized carbons (Fsp3) is 0.571. The summed E-state index contributed by atoms with van der Waals surface area (Å²) in [6, 6.07) is 3.73. The second-order valence-electron chi connectivity index (χ2n) is 5.69. The van der Waals surface area contributed by atoms with E-state index in [0.717, 1.165) is 12.0 Å². The van der Waals surface area contributed by atoms with Gasteiger partial charge >= 0.3 is 0 Å². The highest BCUT2D eigenvalue weighted by atomic mass is 35.5. The van der Waals surface area contributed by atoms with Crippen molar-refractivity contribution in [3.63, 3.8) is 0 Å². The minimum Gasteiger partial charge on any atom is -0.322 e. The van der Waals surface area contributed by atoms with Gasteiger partial charge in [0.05, 0.1) is 13.3 Å². The molecule has 2 heterocycles. The summed E-state index contributed by atoms with van der Waals surface area (Å²) in [6.07, 6.45) is 2.55. The van der Waals surface area contributed by atoms with E-state index in [1.165, 1.54) is 0 Å². The van der Waals surface area contributed by atoms with Gasteiger partial charge in [0.25, 0.3) is 5.96 Å². The number of halogens is 1. The van der Waals surface area contributed by atoms with Crippen LogP contribution in [0.2, 0.25) is 5.15 Å². The van der Waals surface area contributed by atoms with Crippen LogP contribution in [0.25, 0.3) is 0 Å². The van der Waals surface area contributed by atoms with Crippen molar-refractivity contribution < 1.29 is 5.03 Å². The van der Waals surface area contributed by atoms with E-state index in [0.29, 0.717) is 31.0 Å². The number of nitro groups is 1. The molecule has 1 atom stereocenters. The van der Waals surface area contributed by atoms with Crippen LogP contribution in [0.4, 0.5) is 0 Å². The maximum atomic E-state index is 11.0. The molecule has 0 aliphatic carbocycles. The van der Waals surface area contributed by atoms with E-state index in [4.69, 9.17) is 11.6 Å². The molecule has 9 heteroatoms. The predicted molar refractivity (Wildman–Crippen MR) is 88.3 cm³/mol. The molecule has 8 nitrogen and oxygen atoms in total. The normalized spacial score (nSPS) is 19.2. The van der Waals surface area contributed by atoms with E-state index in [1.54, 1.807) is 12.3 Å². The third kappa shape index (κ3) is 4.52. The molecule has 0 radical (unpaired) electrons. The fourth-order valence-corrected chi connectivity index (χ4v) is 2.61. The van der Waals surface area contributed by atoms with Crippen molar-refractivity contribution in [1.29, 1.82) is 0 Å². The maximum absolute atomic E-state index is 11.0. The minimum atomic E-state index is -0.636. The van der Waals surface area contributed by atoms with Gasteiger partial charge < -0.3 is 9.80 Å². The van der Waals surface area contributed by atoms with Gasteiger partial charge in [-0.1, -0.05) is 24.6 Å². The smallest absolute Gasteiger partial charge is 0.276 e. The zero-order valence-electron chi connectivity index (χ0n) is 13.5. The average Bonchev–Trinajstić information content (AvgIpc) is 2.50. The molecular formula is C14H21ClN6O2. The first kappa shape index (κ1) is 17.4. The van der Waals surface area contributed by atoms with E-state index in [1.807, 2.05) is 29.8 Å². The molecule has 1 saturated heterocycles. The Morgan fingerprint density at radius 1 is 1.48 bits per heavy atom. The lowest BCUT2D eigenvalue weighted by atomic mass is 10.2. The Morgan fingerprint density at radius 2 is 2.22 bits per heavy atom. The molecule has 0 unspecified atom stereocenters. The van der Waals surface area contributed by atoms with Gasteiger partial charge in [0.2, 0.25) is 0 Å². The summed E-state index contributed by atoms with van der Waals surface area (Å²) < 4.78 is 0. The first-order chi connectivity index (χ1) is 10.9. The molecule has 0 N–H and O–H groups in total. The molecule has 0 bridgehead atoms. The number of pyridine rings is 1. The Labute approximate surface area is 140 Å². The molecule has 0 saturated carbocycles. The zero-order valence-corrected chi connectivity index (χ0v) is 14.3. The van der Waals surface area contributed by atoms with Crippen LogP contribution in [0.3, 0.4) is 0 Å². The second kappa shape index (κ2) is 7.56. The van der Waals surface area contributed by atoms with E-state index in [2.05, 4.69) is 21.9 Å². The summed E-state index contributed by atoms with van der Waals surface area (Å²) in [7, 11) is 1.98. The second-order valence-corrected chi connectivity index (χ2v) is 6.08. The number of rotatable bonds is 5. The average molecular weight is 341 g/mol. The van der Waals surface area contributed by atoms with Gasteiger partial charge in [-0.25, -0.2) is 15.1 Å². The van der Waals surface area contributed by atoms with Crippen LogP contribution < -0.4 is 0 Å². The zero-order chi connectivity index (χ0) is 17.0. The van der Waals surface area contributed by atoms with Crippen molar-refractivity contribution in [2.75, 3.05) is 20.4 Å². The molecule has 1 aromatic rings. The van der Waals surface area contributed by atoms with Crippen molar-refractivity contribution in [2.24, 2.45) is 5.10 Å². The van der Waals surface area contributed by atoms with Crippen LogP contribution in [0.15, 0.2) is 23.4 Å². The highest BCUT2D eigenvalue weighted by Crippen LogP contribution is 2.18. The summed E-state index contributed by atoms with van der Waals surface area (Å²) in [4.78, 5) is 21.0. The van der Waals surface area contributed by atoms with Gasteiger partial charge in [-0.3, -0.25) is 4.90 Å². The SMILES string of the molecule is CC[C@H](C)N1CN(C)CN(Cc2ccc(Cl)nc2)/C1=N\[N+](=O)[O-]. The first-order valence-corrected chi connectivity index (χ1v) is 7.82. The van der Waals surface area contributed by atoms with Crippen LogP contribution >= 0.6 is 11.6 Å². The Morgan fingerprint density at radius 3 is 2.78 bits per heavy atom. The minimum absolute atomic E-state index is 0.155. The summed E-state index contributed by atoms with van der Waals surface area (Å²) in [5.74, 6) is 0.386. The predicted octanol–water partition coefficient (Wildman–Crippen LogP) is 2.05. The summed E-state index contributed by atoms with van der Waals surface area (Å²) in [6.45, 7) is 5.74. The van der Waals surface area contributed by atoms with Crippen molar-refractivity contribution in [3.8, 4) is 0 Å². The number of hydrogen-bond donors (Lipinski definition) is 0. The van der Waals surface area contributed by atoms with Crippen molar-refractivity contribution in [1.82, 2.24) is 19.7 Å². The standard InChI is InChI=1S/C14H21ClN6O2/c1-4-11(2)20-10-18(3)9-19(14(20)17-21(22)23)8-12-5-6-13(15)16-7-12/h5-7,11H,4,8-10H2,1-3H3/b17-14+/t11-/m0/s1. The number of nitrogens with zero attached hydrogens (tertiary/aromatic N) is 6. The Bertz CT molecular complexity index is 579. The van der Waals surface area contributed by atoms with E-state index in [-0.39, 0.29) is 6.04 Å². The van der Waals surface area contributed by atoms with Crippen molar-refractivity contribution in [2.45, 2.75) is 32.9 Å². The third-order valence-electron chi connectivity index (χ3n) is 3.80. The summed E-state index contributed by atoms with van der Waals surface area (Å²) >= 11 is 5.80. The van der Waals surface area contributed by atoms with Crippen molar-refractivity contribution >= 4 is 17.6 Å². The number of aromatic nitrogens is 1. The Hall–Kier alpha value is -1.93. The van der Waals surface area contributed by atoms with Crippen molar-refractivity contribution in [3.05, 3.63) is 39.2 Å². The topological polar surface area (TPSA) is 78.1 Å². The van der Waals surface area contributed by atoms with Gasteiger partial charge in [-0.15, -0.1) is 0 Å². The Balaban J connectivity index is 2.29. The third-order valence-corrected chi connectivity index (χ3v) is 4.03. The number of guanidine groups is 1. The van der Waals surface area contributed by atoms with Gasteiger partial charge in [0.1, 0.15) is 10.3 Å². The summed E-state index contributed by atoms with van der Waals surface area (Å²) in [5.41, 5.74) is 0.921. The van der Waals surface area contributed by atoms with Gasteiger partial charge in [-0.05, 0) is 32.0 Å². The summed E-state index contributed by atoms with van der Waals surface area (Å²) in [5, 5.41) is 14.4. The number of hydrogen-bond acceptors (Lipinski definition) is 4. The molecular weight excluding hydrogens is 320 g/mol. The van der Waals surface area contributed by atoms with Gasteiger partial charge in [0, 0.05) is 18.8 Å². The lowest BCUT2D eigenvalue weighted by Crippen LogP contribution is -2.59. The first-order valence-electron chi connectivity index (χ1n) is 7.44. The monoisotopic (exact) mass is 340 g/mol. The van der Waals surface area contributed by atoms with E-state index >= 15 is 0 Å². The van der Waals surface area contributed by atoms with E-state index < -0.39 is 5.03 Å². The molecule has 2 rings (SSSR count). The highest BCUT2D eigenvalue weighted by molar-refractivity contribution is 6.29. The van der Waals surface area contributed by atoms with Crippen LogP contribution in [0.1, 0.15) is 25.8 Å². The molecule has 126 valence electrons. The lowest BCUT2D eigenvalue weighted by molar-refractivity contribution is -0.486. The quantitative estimate of drug-likeness (QED) is 0.464. The van der Waals surface area contributed by atoms with Crippen LogP contribution in [0, 0.1) is 10.1 Å². The molecule has 0 amide bonds. The van der Waals surface area contributed by atoms with Gasteiger partial charge in [0.15, 0.2) is 5.03 Å². The molecule has 1 fully saturated rings. The molecule has 0 aromatic carbocycles. The Kier molecular flexibility index (Phi) is 5.73. The largest absolute Gasteiger partial charge is 0.322 e.